The van der Waals surface area contributed by atoms with E-state index in [9.17, 15) is 15.3 Å². The number of hydrogen-bond acceptors (Lipinski definition) is 4. The molecule has 1 heterocycles. The zero-order chi connectivity index (χ0) is 13.3. The molecule has 1 atom stereocenters. The molecule has 0 aliphatic carbocycles. The topological polar surface area (TPSA) is 73.6 Å². The Kier molecular flexibility index (Phi) is 3.21. The van der Waals surface area contributed by atoms with Gasteiger partial charge in [-0.05, 0) is 37.6 Å². The maximum atomic E-state index is 10.2. The monoisotopic (exact) mass is 245 g/mol. The molecule has 0 bridgehead atoms. The van der Waals surface area contributed by atoms with Gasteiger partial charge in [-0.1, -0.05) is 6.07 Å². The van der Waals surface area contributed by atoms with Crippen LogP contribution >= 0.6 is 0 Å². The number of benzene rings is 1. The second-order valence-corrected chi connectivity index (χ2v) is 4.26. The summed E-state index contributed by atoms with van der Waals surface area (Å²) in [6.07, 6.45) is 0.511. The van der Waals surface area contributed by atoms with E-state index < -0.39 is 6.10 Å². The highest BCUT2D eigenvalue weighted by atomic mass is 16.3. The number of rotatable bonds is 2. The Morgan fingerprint density at radius 1 is 1.17 bits per heavy atom. The van der Waals surface area contributed by atoms with Crippen LogP contribution in [0.15, 0.2) is 30.5 Å². The van der Waals surface area contributed by atoms with Gasteiger partial charge in [0.15, 0.2) is 0 Å². The normalized spacial score (nSPS) is 12.4. The quantitative estimate of drug-likeness (QED) is 0.709. The van der Waals surface area contributed by atoms with E-state index >= 15 is 0 Å². The van der Waals surface area contributed by atoms with E-state index in [0.717, 1.165) is 0 Å². The average molecular weight is 245 g/mol. The first-order chi connectivity index (χ1) is 8.52. The van der Waals surface area contributed by atoms with Crippen molar-refractivity contribution in [3.8, 4) is 11.5 Å². The van der Waals surface area contributed by atoms with Gasteiger partial charge in [-0.15, -0.1) is 0 Å². The Bertz CT molecular complexity index is 567. The summed E-state index contributed by atoms with van der Waals surface area (Å²) in [5.74, 6) is 0.0405. The molecule has 3 N–H and O–H groups in total. The van der Waals surface area contributed by atoms with Crippen molar-refractivity contribution < 1.29 is 15.3 Å². The molecule has 0 aliphatic heterocycles. The van der Waals surface area contributed by atoms with E-state index in [4.69, 9.17) is 0 Å². The standard InChI is InChI=1S/C14H15NO3/c1-8-7-11(16)12(9(2)13(8)17)14(18)10-5-3-4-6-15-10/h3-7,14,16-18H,1-2H3. The maximum Gasteiger partial charge on any atom is 0.125 e. The first kappa shape index (κ1) is 12.4. The smallest absolute Gasteiger partial charge is 0.125 e. The summed E-state index contributed by atoms with van der Waals surface area (Å²) in [5.41, 5.74) is 1.75. The molecular weight excluding hydrogens is 230 g/mol. The van der Waals surface area contributed by atoms with Gasteiger partial charge in [0.2, 0.25) is 0 Å². The summed E-state index contributed by atoms with van der Waals surface area (Å²) in [6.45, 7) is 3.35. The van der Waals surface area contributed by atoms with Crippen molar-refractivity contribution in [2.45, 2.75) is 20.0 Å². The number of hydrogen-bond donors (Lipinski definition) is 3. The Hall–Kier alpha value is -2.07. The molecule has 0 spiro atoms. The predicted octanol–water partition coefficient (Wildman–Crippen LogP) is 2.19. The minimum atomic E-state index is -1.06. The van der Waals surface area contributed by atoms with Gasteiger partial charge in [-0.3, -0.25) is 4.98 Å². The average Bonchev–Trinajstić information content (AvgIpc) is 2.37. The molecule has 2 rings (SSSR count). The second-order valence-electron chi connectivity index (χ2n) is 4.26. The fraction of sp³-hybridized carbons (Fsp3) is 0.214. The minimum Gasteiger partial charge on any atom is -0.508 e. The number of aryl methyl sites for hydroxylation is 1. The molecule has 94 valence electrons. The SMILES string of the molecule is Cc1cc(O)c(C(O)c2ccccn2)c(C)c1O. The molecule has 0 saturated carbocycles. The summed E-state index contributed by atoms with van der Waals surface area (Å²) in [7, 11) is 0. The molecule has 1 aromatic carbocycles. The molecule has 0 saturated heterocycles. The number of aliphatic hydroxyl groups excluding tert-OH is 1. The first-order valence-corrected chi connectivity index (χ1v) is 5.63. The van der Waals surface area contributed by atoms with Crippen molar-refractivity contribution in [2.24, 2.45) is 0 Å². The molecule has 0 amide bonds. The number of pyridine rings is 1. The predicted molar refractivity (Wildman–Crippen MR) is 67.5 cm³/mol. The number of phenolic OH excluding ortho intramolecular Hbond substituents is 2. The Labute approximate surface area is 105 Å². The van der Waals surface area contributed by atoms with Gasteiger partial charge < -0.3 is 15.3 Å². The molecular formula is C14H15NO3. The summed E-state index contributed by atoms with van der Waals surface area (Å²) in [5, 5.41) is 30.0. The van der Waals surface area contributed by atoms with E-state index in [1.807, 2.05) is 0 Å². The van der Waals surface area contributed by atoms with Gasteiger partial charge in [-0.2, -0.15) is 0 Å². The highest BCUT2D eigenvalue weighted by molar-refractivity contribution is 5.53. The lowest BCUT2D eigenvalue weighted by Crippen LogP contribution is -2.05. The van der Waals surface area contributed by atoms with Crippen molar-refractivity contribution >= 4 is 0 Å². The lowest BCUT2D eigenvalue weighted by molar-refractivity contribution is 0.209. The first-order valence-electron chi connectivity index (χ1n) is 5.63. The Morgan fingerprint density at radius 3 is 2.50 bits per heavy atom. The molecule has 0 fully saturated rings. The van der Waals surface area contributed by atoms with Gasteiger partial charge >= 0.3 is 0 Å². The van der Waals surface area contributed by atoms with Crippen molar-refractivity contribution in [3.05, 3.63) is 52.8 Å². The van der Waals surface area contributed by atoms with Crippen LogP contribution in [0.25, 0.3) is 0 Å². The largest absolute Gasteiger partial charge is 0.508 e. The molecule has 0 aliphatic rings. The number of phenols is 2. The maximum absolute atomic E-state index is 10.2. The molecule has 1 unspecified atom stereocenters. The van der Waals surface area contributed by atoms with Gasteiger partial charge in [0.05, 0.1) is 5.69 Å². The fourth-order valence-corrected chi connectivity index (χ4v) is 2.00. The zero-order valence-electron chi connectivity index (χ0n) is 10.3. The van der Waals surface area contributed by atoms with Gasteiger partial charge in [0, 0.05) is 17.3 Å². The Balaban J connectivity index is 2.55. The van der Waals surface area contributed by atoms with Crippen LogP contribution in [0.5, 0.6) is 11.5 Å². The zero-order valence-corrected chi connectivity index (χ0v) is 10.3. The van der Waals surface area contributed by atoms with E-state index in [2.05, 4.69) is 4.98 Å². The summed E-state index contributed by atoms with van der Waals surface area (Å²) < 4.78 is 0. The molecule has 1 aromatic heterocycles. The van der Waals surface area contributed by atoms with E-state index in [-0.39, 0.29) is 17.1 Å². The van der Waals surface area contributed by atoms with E-state index in [1.54, 1.807) is 38.2 Å². The lowest BCUT2D eigenvalue weighted by Gasteiger charge is -2.17. The summed E-state index contributed by atoms with van der Waals surface area (Å²) in [4.78, 5) is 4.05. The van der Waals surface area contributed by atoms with Gasteiger partial charge in [0.25, 0.3) is 0 Å². The second kappa shape index (κ2) is 4.66. The summed E-state index contributed by atoms with van der Waals surface area (Å²) in [6, 6.07) is 6.60. The van der Waals surface area contributed by atoms with Crippen LogP contribution in [0.3, 0.4) is 0 Å². The van der Waals surface area contributed by atoms with Crippen LogP contribution in [-0.2, 0) is 0 Å². The number of aliphatic hydroxyl groups is 1. The molecule has 4 heteroatoms. The fourth-order valence-electron chi connectivity index (χ4n) is 2.00. The highest BCUT2D eigenvalue weighted by Crippen LogP contribution is 2.37. The third-order valence-corrected chi connectivity index (χ3v) is 3.00. The van der Waals surface area contributed by atoms with Gasteiger partial charge in [0.1, 0.15) is 17.6 Å². The summed E-state index contributed by atoms with van der Waals surface area (Å²) >= 11 is 0. The molecule has 0 radical (unpaired) electrons. The lowest BCUT2D eigenvalue weighted by atomic mass is 9.96. The van der Waals surface area contributed by atoms with E-state index in [0.29, 0.717) is 16.8 Å². The van der Waals surface area contributed by atoms with Crippen LogP contribution in [-0.4, -0.2) is 20.3 Å². The van der Waals surface area contributed by atoms with Crippen molar-refractivity contribution in [3.63, 3.8) is 0 Å². The van der Waals surface area contributed by atoms with Crippen molar-refractivity contribution in [1.82, 2.24) is 4.98 Å². The highest BCUT2D eigenvalue weighted by Gasteiger charge is 2.21. The van der Waals surface area contributed by atoms with Crippen LogP contribution in [0, 0.1) is 13.8 Å². The molecule has 18 heavy (non-hydrogen) atoms. The van der Waals surface area contributed by atoms with Crippen molar-refractivity contribution in [1.29, 1.82) is 0 Å². The van der Waals surface area contributed by atoms with Crippen molar-refractivity contribution in [2.75, 3.05) is 0 Å². The third-order valence-electron chi connectivity index (χ3n) is 3.00. The number of aromatic nitrogens is 1. The van der Waals surface area contributed by atoms with Gasteiger partial charge in [-0.25, -0.2) is 0 Å². The number of nitrogens with zero attached hydrogens (tertiary/aromatic N) is 1. The van der Waals surface area contributed by atoms with Crippen LogP contribution in [0.1, 0.15) is 28.5 Å². The third kappa shape index (κ3) is 2.02. The van der Waals surface area contributed by atoms with E-state index in [1.165, 1.54) is 6.07 Å². The molecule has 2 aromatic rings. The number of aromatic hydroxyl groups is 2. The minimum absolute atomic E-state index is 0.0408. The van der Waals surface area contributed by atoms with Crippen LogP contribution in [0.4, 0.5) is 0 Å². The van der Waals surface area contributed by atoms with Crippen LogP contribution in [0.2, 0.25) is 0 Å². The van der Waals surface area contributed by atoms with Crippen LogP contribution < -0.4 is 0 Å². The molecule has 4 nitrogen and oxygen atoms in total. The Morgan fingerprint density at radius 2 is 1.89 bits per heavy atom.